The molecule has 0 spiro atoms. The predicted octanol–water partition coefficient (Wildman–Crippen LogP) is 3.36. The molecule has 1 amide bonds. The first-order valence-corrected chi connectivity index (χ1v) is 11.1. The number of anilines is 1. The summed E-state index contributed by atoms with van der Waals surface area (Å²) in [5.41, 5.74) is 2.88. The van der Waals surface area contributed by atoms with Gasteiger partial charge in [0.15, 0.2) is 5.11 Å². The van der Waals surface area contributed by atoms with Crippen LogP contribution in [0.15, 0.2) is 35.5 Å². The Kier molecular flexibility index (Phi) is 5.94. The second-order valence-corrected chi connectivity index (χ2v) is 8.94. The molecule has 2 aromatic rings. The van der Waals surface area contributed by atoms with Crippen LogP contribution in [-0.2, 0) is 22.4 Å². The molecular formula is C21H20N4O5S2. The molecule has 0 saturated heterocycles. The van der Waals surface area contributed by atoms with Crippen molar-refractivity contribution in [2.24, 2.45) is 0 Å². The van der Waals surface area contributed by atoms with Crippen LogP contribution in [0.4, 0.5) is 10.7 Å². The number of benzene rings is 1. The number of nitro groups is 1. The highest BCUT2D eigenvalue weighted by Crippen LogP contribution is 2.40. The molecule has 1 aliphatic carbocycles. The number of allylic oxidation sites excluding steroid dienone is 1. The van der Waals surface area contributed by atoms with Gasteiger partial charge in [-0.05, 0) is 61.7 Å². The Morgan fingerprint density at radius 3 is 2.66 bits per heavy atom. The van der Waals surface area contributed by atoms with Crippen molar-refractivity contribution in [2.75, 3.05) is 12.4 Å². The van der Waals surface area contributed by atoms with Crippen LogP contribution < -0.4 is 16.0 Å². The van der Waals surface area contributed by atoms with E-state index in [1.165, 1.54) is 30.6 Å². The maximum Gasteiger partial charge on any atom is 0.341 e. The van der Waals surface area contributed by atoms with Crippen LogP contribution in [0.1, 0.15) is 45.7 Å². The van der Waals surface area contributed by atoms with Crippen molar-refractivity contribution in [3.05, 3.63) is 67.2 Å². The average molecular weight is 473 g/mol. The Hall–Kier alpha value is -3.31. The van der Waals surface area contributed by atoms with Gasteiger partial charge in [-0.15, -0.1) is 11.3 Å². The molecule has 1 atom stereocenters. The Bertz CT molecular complexity index is 1170. The van der Waals surface area contributed by atoms with E-state index in [-0.39, 0.29) is 5.69 Å². The SMILES string of the molecule is COC(=O)c1c(NC(=O)C2=C(C)NC(=S)NC2c2ccc([N+](=O)[O-])cc2)sc2c1CCC2. The normalized spacial score (nSPS) is 17.3. The monoisotopic (exact) mass is 472 g/mol. The molecule has 0 saturated carbocycles. The third kappa shape index (κ3) is 3.96. The number of esters is 1. The van der Waals surface area contributed by atoms with Crippen molar-refractivity contribution in [3.8, 4) is 0 Å². The van der Waals surface area contributed by atoms with E-state index in [1.807, 2.05) is 0 Å². The highest BCUT2D eigenvalue weighted by atomic mass is 32.1. The minimum atomic E-state index is -0.613. The lowest BCUT2D eigenvalue weighted by Gasteiger charge is -2.30. The van der Waals surface area contributed by atoms with Crippen LogP contribution in [-0.4, -0.2) is 29.0 Å². The lowest BCUT2D eigenvalue weighted by Crippen LogP contribution is -2.45. The first-order chi connectivity index (χ1) is 15.3. The number of nitrogens with zero attached hydrogens (tertiary/aromatic N) is 1. The van der Waals surface area contributed by atoms with Gasteiger partial charge < -0.3 is 20.7 Å². The van der Waals surface area contributed by atoms with E-state index >= 15 is 0 Å². The summed E-state index contributed by atoms with van der Waals surface area (Å²) in [6.07, 6.45) is 2.61. The average Bonchev–Trinajstić information content (AvgIpc) is 3.33. The number of amides is 1. The van der Waals surface area contributed by atoms with Crippen LogP contribution in [0.3, 0.4) is 0 Å². The Labute approximate surface area is 193 Å². The first-order valence-electron chi connectivity index (χ1n) is 9.87. The van der Waals surface area contributed by atoms with Crippen LogP contribution in [0, 0.1) is 10.1 Å². The van der Waals surface area contributed by atoms with Crippen molar-refractivity contribution in [3.63, 3.8) is 0 Å². The number of ether oxygens (including phenoxy) is 1. The third-order valence-electron chi connectivity index (χ3n) is 5.49. The van der Waals surface area contributed by atoms with Gasteiger partial charge in [-0.3, -0.25) is 14.9 Å². The zero-order chi connectivity index (χ0) is 23.0. The molecule has 11 heteroatoms. The van der Waals surface area contributed by atoms with Gasteiger partial charge in [-0.2, -0.15) is 0 Å². The molecular weight excluding hydrogens is 452 g/mol. The number of aryl methyl sites for hydroxylation is 1. The Morgan fingerprint density at radius 2 is 2.00 bits per heavy atom. The number of fused-ring (bicyclic) bond motifs is 1. The van der Waals surface area contributed by atoms with Crippen LogP contribution >= 0.6 is 23.6 Å². The van der Waals surface area contributed by atoms with Gasteiger partial charge in [0.25, 0.3) is 11.6 Å². The molecule has 0 bridgehead atoms. The molecule has 1 aromatic heterocycles. The number of carbonyl (C=O) groups is 2. The van der Waals surface area contributed by atoms with Gasteiger partial charge in [-0.1, -0.05) is 0 Å². The second-order valence-electron chi connectivity index (χ2n) is 7.43. The number of thiophene rings is 1. The number of rotatable bonds is 5. The highest BCUT2D eigenvalue weighted by Gasteiger charge is 2.33. The molecule has 0 radical (unpaired) electrons. The fourth-order valence-corrected chi connectivity index (χ4v) is 5.56. The van der Waals surface area contributed by atoms with Crippen LogP contribution in [0.2, 0.25) is 0 Å². The summed E-state index contributed by atoms with van der Waals surface area (Å²) < 4.78 is 4.95. The molecule has 2 heterocycles. The van der Waals surface area contributed by atoms with E-state index in [1.54, 1.807) is 19.1 Å². The standard InChI is InChI=1S/C21H20N4O5S2/c1-10-15(17(23-21(31)22-10)11-6-8-12(9-7-11)25(28)29)18(26)24-19-16(20(27)30-2)13-4-3-5-14(13)32-19/h6-9,17H,3-5H2,1-2H3,(H,24,26)(H2,22,23,31). The van der Waals surface area contributed by atoms with E-state index in [4.69, 9.17) is 17.0 Å². The van der Waals surface area contributed by atoms with E-state index in [0.29, 0.717) is 32.5 Å². The summed E-state index contributed by atoms with van der Waals surface area (Å²) in [6.45, 7) is 1.73. The summed E-state index contributed by atoms with van der Waals surface area (Å²) in [6, 6.07) is 5.32. The fraction of sp³-hybridized carbons (Fsp3) is 0.286. The lowest BCUT2D eigenvalue weighted by atomic mass is 9.94. The van der Waals surface area contributed by atoms with Crippen molar-refractivity contribution in [1.82, 2.24) is 10.6 Å². The molecule has 32 heavy (non-hydrogen) atoms. The summed E-state index contributed by atoms with van der Waals surface area (Å²) in [5, 5.41) is 20.7. The van der Waals surface area contributed by atoms with Gasteiger partial charge in [0.05, 0.1) is 29.2 Å². The first kappa shape index (κ1) is 21.9. The molecule has 166 valence electrons. The summed E-state index contributed by atoms with van der Waals surface area (Å²) >= 11 is 6.65. The van der Waals surface area contributed by atoms with Crippen molar-refractivity contribution < 1.29 is 19.2 Å². The maximum absolute atomic E-state index is 13.4. The molecule has 4 rings (SSSR count). The van der Waals surface area contributed by atoms with E-state index in [9.17, 15) is 19.7 Å². The van der Waals surface area contributed by atoms with Crippen molar-refractivity contribution in [1.29, 1.82) is 0 Å². The Balaban J connectivity index is 1.68. The van der Waals surface area contributed by atoms with Crippen molar-refractivity contribution >= 4 is 51.2 Å². The van der Waals surface area contributed by atoms with Crippen LogP contribution in [0.5, 0.6) is 0 Å². The molecule has 9 nitrogen and oxygen atoms in total. The number of methoxy groups -OCH3 is 1. The van der Waals surface area contributed by atoms with Gasteiger partial charge in [0.2, 0.25) is 0 Å². The van der Waals surface area contributed by atoms with Gasteiger partial charge in [0.1, 0.15) is 5.00 Å². The molecule has 2 aliphatic rings. The zero-order valence-corrected chi connectivity index (χ0v) is 18.9. The Morgan fingerprint density at radius 1 is 1.28 bits per heavy atom. The number of nitrogens with one attached hydrogen (secondary N) is 3. The van der Waals surface area contributed by atoms with E-state index in [0.717, 1.165) is 29.7 Å². The number of hydrogen-bond donors (Lipinski definition) is 3. The zero-order valence-electron chi connectivity index (χ0n) is 17.3. The minimum Gasteiger partial charge on any atom is -0.465 e. The number of carbonyl (C=O) groups excluding carboxylic acids is 2. The molecule has 1 aliphatic heterocycles. The van der Waals surface area contributed by atoms with Gasteiger partial charge in [-0.25, -0.2) is 4.79 Å². The predicted molar refractivity (Wildman–Crippen MR) is 124 cm³/mol. The molecule has 0 fully saturated rings. The highest BCUT2D eigenvalue weighted by molar-refractivity contribution is 7.80. The molecule has 1 unspecified atom stereocenters. The largest absolute Gasteiger partial charge is 0.465 e. The summed E-state index contributed by atoms with van der Waals surface area (Å²) in [4.78, 5) is 37.4. The maximum atomic E-state index is 13.4. The molecule has 3 N–H and O–H groups in total. The number of non-ortho nitro benzene ring substituents is 1. The summed E-state index contributed by atoms with van der Waals surface area (Å²) in [5.74, 6) is -0.878. The van der Waals surface area contributed by atoms with Gasteiger partial charge in [0, 0.05) is 22.7 Å². The number of thiocarbonyl (C=S) groups is 1. The summed E-state index contributed by atoms with van der Waals surface area (Å²) in [7, 11) is 1.32. The smallest absolute Gasteiger partial charge is 0.341 e. The van der Waals surface area contributed by atoms with Crippen molar-refractivity contribution in [2.45, 2.75) is 32.2 Å². The number of nitro benzene ring substituents is 1. The third-order valence-corrected chi connectivity index (χ3v) is 6.92. The number of hydrogen-bond acceptors (Lipinski definition) is 7. The second kappa shape index (κ2) is 8.67. The minimum absolute atomic E-state index is 0.0483. The lowest BCUT2D eigenvalue weighted by molar-refractivity contribution is -0.384. The van der Waals surface area contributed by atoms with Crippen LogP contribution in [0.25, 0.3) is 0 Å². The molecule has 1 aromatic carbocycles. The van der Waals surface area contributed by atoms with E-state index < -0.39 is 22.8 Å². The topological polar surface area (TPSA) is 123 Å². The fourth-order valence-electron chi connectivity index (χ4n) is 4.01. The van der Waals surface area contributed by atoms with Gasteiger partial charge >= 0.3 is 5.97 Å². The van der Waals surface area contributed by atoms with E-state index in [2.05, 4.69) is 16.0 Å². The quantitative estimate of drug-likeness (QED) is 0.262.